The van der Waals surface area contributed by atoms with Gasteiger partial charge in [-0.15, -0.1) is 11.8 Å². The van der Waals surface area contributed by atoms with Gasteiger partial charge in [-0.2, -0.15) is 0 Å². The van der Waals surface area contributed by atoms with Gasteiger partial charge in [0.05, 0.1) is 0 Å². The summed E-state index contributed by atoms with van der Waals surface area (Å²) in [7, 11) is 0. The van der Waals surface area contributed by atoms with Gasteiger partial charge in [0.2, 0.25) is 0 Å². The number of rotatable bonds is 4. The predicted molar refractivity (Wildman–Crippen MR) is 55.4 cm³/mol. The smallest absolute Gasteiger partial charge is 0.336 e. The first-order chi connectivity index (χ1) is 6.92. The van der Waals surface area contributed by atoms with Crippen molar-refractivity contribution in [2.24, 2.45) is 0 Å². The van der Waals surface area contributed by atoms with Crippen LogP contribution in [0, 0.1) is 5.82 Å². The summed E-state index contributed by atoms with van der Waals surface area (Å²) >= 11 is 1.17. The number of hydrogen-bond donors (Lipinski definition) is 2. The fraction of sp³-hybridized carbons (Fsp3) is 0.300. The van der Waals surface area contributed by atoms with E-state index in [-0.39, 0.29) is 11.6 Å². The van der Waals surface area contributed by atoms with Gasteiger partial charge >= 0.3 is 5.97 Å². The highest BCUT2D eigenvalue weighted by Gasteiger charge is 2.29. The highest BCUT2D eigenvalue weighted by atomic mass is 32.2. The van der Waals surface area contributed by atoms with Gasteiger partial charge in [-0.25, -0.2) is 9.18 Å². The van der Waals surface area contributed by atoms with Crippen LogP contribution in [0.25, 0.3) is 0 Å². The molecule has 0 spiro atoms. The van der Waals surface area contributed by atoms with Crippen LogP contribution in [-0.2, 0) is 4.79 Å². The monoisotopic (exact) mass is 230 g/mol. The second kappa shape index (κ2) is 4.63. The molecular weight excluding hydrogens is 219 g/mol. The molecule has 0 fully saturated rings. The molecule has 0 aliphatic rings. The lowest BCUT2D eigenvalue weighted by Gasteiger charge is -2.16. The van der Waals surface area contributed by atoms with Crippen molar-refractivity contribution in [3.05, 3.63) is 30.1 Å². The zero-order chi connectivity index (χ0) is 11.5. The molecule has 0 saturated carbocycles. The van der Waals surface area contributed by atoms with Crippen molar-refractivity contribution in [2.75, 3.05) is 5.75 Å². The molecule has 1 rings (SSSR count). The highest BCUT2D eigenvalue weighted by Crippen LogP contribution is 2.22. The molecule has 15 heavy (non-hydrogen) atoms. The number of carboxylic acid groups (broad SMARTS) is 1. The van der Waals surface area contributed by atoms with Crippen molar-refractivity contribution in [1.82, 2.24) is 0 Å². The SMILES string of the molecule is C[C@](O)(CSc1ccc(F)cc1)C(=O)O. The number of carboxylic acids is 1. The van der Waals surface area contributed by atoms with Crippen LogP contribution >= 0.6 is 11.8 Å². The first-order valence-corrected chi connectivity index (χ1v) is 5.24. The minimum absolute atomic E-state index is 0.0218. The summed E-state index contributed by atoms with van der Waals surface area (Å²) in [6.07, 6.45) is 0. The Morgan fingerprint density at radius 3 is 2.47 bits per heavy atom. The van der Waals surface area contributed by atoms with E-state index >= 15 is 0 Å². The number of hydrogen-bond acceptors (Lipinski definition) is 3. The third-order valence-corrected chi connectivity index (χ3v) is 3.11. The molecule has 0 bridgehead atoms. The van der Waals surface area contributed by atoms with Gasteiger partial charge in [-0.05, 0) is 31.2 Å². The van der Waals surface area contributed by atoms with Gasteiger partial charge < -0.3 is 10.2 Å². The van der Waals surface area contributed by atoms with Crippen LogP contribution in [-0.4, -0.2) is 27.5 Å². The Hall–Kier alpha value is -1.07. The third-order valence-electron chi connectivity index (χ3n) is 1.79. The molecule has 2 N–H and O–H groups in total. The Kier molecular flexibility index (Phi) is 3.71. The Morgan fingerprint density at radius 1 is 1.47 bits per heavy atom. The lowest BCUT2D eigenvalue weighted by molar-refractivity contribution is -0.154. The molecule has 5 heteroatoms. The topological polar surface area (TPSA) is 57.5 Å². The average molecular weight is 230 g/mol. The van der Waals surface area contributed by atoms with E-state index in [0.717, 1.165) is 4.90 Å². The van der Waals surface area contributed by atoms with E-state index in [2.05, 4.69) is 0 Å². The maximum absolute atomic E-state index is 12.5. The second-order valence-corrected chi connectivity index (χ2v) is 4.37. The Bertz CT molecular complexity index is 348. The quantitative estimate of drug-likeness (QED) is 0.774. The van der Waals surface area contributed by atoms with Crippen molar-refractivity contribution in [2.45, 2.75) is 17.4 Å². The van der Waals surface area contributed by atoms with Crippen molar-refractivity contribution in [3.63, 3.8) is 0 Å². The fourth-order valence-electron chi connectivity index (χ4n) is 0.816. The van der Waals surface area contributed by atoms with E-state index in [1.165, 1.54) is 43.0 Å². The number of benzene rings is 1. The minimum Gasteiger partial charge on any atom is -0.479 e. The second-order valence-electron chi connectivity index (χ2n) is 3.32. The lowest BCUT2D eigenvalue weighted by atomic mass is 10.1. The minimum atomic E-state index is -1.76. The molecule has 0 radical (unpaired) electrons. The van der Waals surface area contributed by atoms with Crippen LogP contribution in [0.3, 0.4) is 0 Å². The Labute approximate surface area is 90.9 Å². The third kappa shape index (κ3) is 3.53. The van der Waals surface area contributed by atoms with E-state index in [9.17, 15) is 14.3 Å². The van der Waals surface area contributed by atoms with Gasteiger partial charge in [0, 0.05) is 10.6 Å². The maximum atomic E-state index is 12.5. The van der Waals surface area contributed by atoms with Crippen LogP contribution in [0.1, 0.15) is 6.92 Å². The average Bonchev–Trinajstić information content (AvgIpc) is 2.17. The summed E-state index contributed by atoms with van der Waals surface area (Å²) in [6, 6.07) is 5.66. The molecule has 0 aromatic heterocycles. The first-order valence-electron chi connectivity index (χ1n) is 4.26. The van der Waals surface area contributed by atoms with Crippen molar-refractivity contribution in [1.29, 1.82) is 0 Å². The van der Waals surface area contributed by atoms with E-state index in [1.807, 2.05) is 0 Å². The van der Waals surface area contributed by atoms with Gasteiger partial charge in [0.25, 0.3) is 0 Å². The standard InChI is InChI=1S/C10H11FO3S/c1-10(14,9(12)13)6-15-8-4-2-7(11)3-5-8/h2-5,14H,6H2,1H3,(H,12,13)/t10-/m0/s1. The van der Waals surface area contributed by atoms with E-state index in [0.29, 0.717) is 0 Å². The molecule has 0 amide bonds. The largest absolute Gasteiger partial charge is 0.479 e. The van der Waals surface area contributed by atoms with Crippen LogP contribution in [0.15, 0.2) is 29.2 Å². The number of halogens is 1. The summed E-state index contributed by atoms with van der Waals surface area (Å²) in [6.45, 7) is 1.23. The number of aliphatic carboxylic acids is 1. The summed E-state index contributed by atoms with van der Waals surface area (Å²) < 4.78 is 12.5. The van der Waals surface area contributed by atoms with E-state index in [1.54, 1.807) is 0 Å². The first kappa shape index (κ1) is 12.0. The Morgan fingerprint density at radius 2 is 2.00 bits per heavy atom. The maximum Gasteiger partial charge on any atom is 0.336 e. The number of thioether (sulfide) groups is 1. The highest BCUT2D eigenvalue weighted by molar-refractivity contribution is 7.99. The molecule has 0 saturated heterocycles. The zero-order valence-corrected chi connectivity index (χ0v) is 8.92. The van der Waals surface area contributed by atoms with Crippen molar-refractivity contribution in [3.8, 4) is 0 Å². The van der Waals surface area contributed by atoms with Gasteiger partial charge in [0.1, 0.15) is 5.82 Å². The molecule has 0 unspecified atom stereocenters. The number of carbonyl (C=O) groups is 1. The van der Waals surface area contributed by atoms with Crippen molar-refractivity contribution < 1.29 is 19.4 Å². The lowest BCUT2D eigenvalue weighted by Crippen LogP contribution is -2.37. The molecule has 82 valence electrons. The predicted octanol–water partition coefficient (Wildman–Crippen LogP) is 1.75. The molecule has 0 heterocycles. The van der Waals surface area contributed by atoms with Crippen LogP contribution in [0.5, 0.6) is 0 Å². The summed E-state index contributed by atoms with van der Waals surface area (Å²) in [5.74, 6) is -1.59. The molecule has 1 aromatic rings. The normalized spacial score (nSPS) is 14.6. The molecule has 0 aliphatic heterocycles. The molecular formula is C10H11FO3S. The van der Waals surface area contributed by atoms with E-state index in [4.69, 9.17) is 5.11 Å². The van der Waals surface area contributed by atoms with Crippen LogP contribution in [0.2, 0.25) is 0 Å². The molecule has 1 aromatic carbocycles. The van der Waals surface area contributed by atoms with E-state index < -0.39 is 11.6 Å². The van der Waals surface area contributed by atoms with Crippen molar-refractivity contribution >= 4 is 17.7 Å². The number of aliphatic hydroxyl groups is 1. The molecule has 1 atom stereocenters. The summed E-state index contributed by atoms with van der Waals surface area (Å²) in [5.41, 5.74) is -1.76. The Balaban J connectivity index is 2.57. The van der Waals surface area contributed by atoms with Gasteiger partial charge in [-0.1, -0.05) is 0 Å². The van der Waals surface area contributed by atoms with Crippen LogP contribution < -0.4 is 0 Å². The van der Waals surface area contributed by atoms with Gasteiger partial charge in [-0.3, -0.25) is 0 Å². The van der Waals surface area contributed by atoms with Gasteiger partial charge in [0.15, 0.2) is 5.60 Å². The summed E-state index contributed by atoms with van der Waals surface area (Å²) in [4.78, 5) is 11.3. The molecule has 0 aliphatic carbocycles. The summed E-state index contributed by atoms with van der Waals surface area (Å²) in [5, 5.41) is 18.1. The molecule has 3 nitrogen and oxygen atoms in total. The fourth-order valence-corrected chi connectivity index (χ4v) is 1.72. The van der Waals surface area contributed by atoms with Crippen LogP contribution in [0.4, 0.5) is 4.39 Å². The zero-order valence-electron chi connectivity index (χ0n) is 8.11.